The molecule has 0 aromatic carbocycles. The Morgan fingerprint density at radius 3 is 2.57 bits per heavy atom. The van der Waals surface area contributed by atoms with Gasteiger partial charge in [-0.05, 0) is 0 Å². The second kappa shape index (κ2) is 5.97. The first kappa shape index (κ1) is 6.97. The minimum atomic E-state index is -0.441. The Hall–Kier alpha value is -0.0301. The van der Waals surface area contributed by atoms with Crippen LogP contribution < -0.4 is 0 Å². The Morgan fingerprint density at radius 1 is 1.43 bits per heavy atom. The van der Waals surface area contributed by atoms with Crippen LogP contribution in [0.4, 0.5) is 0 Å². The summed E-state index contributed by atoms with van der Waals surface area (Å²) in [4.78, 5) is 8.16. The van der Waals surface area contributed by atoms with Crippen molar-refractivity contribution in [3.05, 3.63) is 0 Å². The number of hydrogen-bond acceptors (Lipinski definition) is 4. The molecule has 0 aliphatic carbocycles. The van der Waals surface area contributed by atoms with Gasteiger partial charge in [-0.3, -0.25) is 9.61 Å². The zero-order chi connectivity index (χ0) is 5.54. The van der Waals surface area contributed by atoms with Crippen molar-refractivity contribution < 1.29 is 19.3 Å². The maximum atomic E-state index is 7.89. The molecular weight excluding hydrogens is 97.6 g/mol. The van der Waals surface area contributed by atoms with Crippen LogP contribution in [0.1, 0.15) is 0 Å². The van der Waals surface area contributed by atoms with Gasteiger partial charge in [0, 0.05) is 7.11 Å². The van der Waals surface area contributed by atoms with E-state index in [0.29, 0.717) is 0 Å². The fourth-order valence-electron chi connectivity index (χ4n) is 0.119. The van der Waals surface area contributed by atoms with Gasteiger partial charge in [-0.1, -0.05) is 0 Å². The monoisotopic (exact) mass is 104 g/mol. The molecule has 6 heteroatoms. The van der Waals surface area contributed by atoms with Gasteiger partial charge >= 0.3 is 15.4 Å². The Bertz CT molecular complexity index is 28.9. The quantitative estimate of drug-likeness (QED) is 0.196. The van der Waals surface area contributed by atoms with Crippen molar-refractivity contribution in [2.75, 3.05) is 7.11 Å². The van der Waals surface area contributed by atoms with Gasteiger partial charge in [-0.25, -0.2) is 0 Å². The summed E-state index contributed by atoms with van der Waals surface area (Å²) in [5, 5.41) is 7.89. The molecule has 0 aliphatic heterocycles. The first-order valence-corrected chi connectivity index (χ1v) is 1.76. The van der Waals surface area contributed by atoms with Crippen molar-refractivity contribution in [2.24, 2.45) is 0 Å². The summed E-state index contributed by atoms with van der Waals surface area (Å²) >= 11 is 0. The third kappa shape index (κ3) is 5.97. The highest BCUT2D eigenvalue weighted by molar-refractivity contribution is 6.20. The lowest BCUT2D eigenvalue weighted by Gasteiger charge is -1.93. The molecule has 0 fully saturated rings. The average Bonchev–Trinajstić information content (AvgIpc) is 1.69. The van der Waals surface area contributed by atoms with Crippen LogP contribution in [0, 0.1) is 0 Å². The van der Waals surface area contributed by atoms with Crippen LogP contribution >= 0.6 is 0 Å². The minimum Gasteiger partial charge on any atom is -0.428 e. The van der Waals surface area contributed by atoms with Gasteiger partial charge in [-0.15, -0.1) is 0 Å². The Kier molecular flexibility index (Phi) is 5.94. The molecule has 0 saturated heterocycles. The van der Waals surface area contributed by atoms with Crippen LogP contribution in [0.3, 0.4) is 0 Å². The highest BCUT2D eigenvalue weighted by atomic mass is 17.2. The molecule has 40 valence electrons. The van der Waals surface area contributed by atoms with E-state index in [1.165, 1.54) is 7.11 Å². The standard InChI is InChI=1S/CH6B2O4/c1-5-3-7-6-2-4/h2-4H,1H3. The summed E-state index contributed by atoms with van der Waals surface area (Å²) in [6, 6.07) is 0. The fraction of sp³-hybridized carbons (Fsp3) is 1.00. The van der Waals surface area contributed by atoms with Gasteiger partial charge in [0.15, 0.2) is 0 Å². The third-order valence-electron chi connectivity index (χ3n) is 0.302. The molecule has 0 saturated carbocycles. The second-order valence-electron chi connectivity index (χ2n) is 0.771. The van der Waals surface area contributed by atoms with Crippen LogP contribution in [-0.4, -0.2) is 27.5 Å². The molecule has 0 rings (SSSR count). The summed E-state index contributed by atoms with van der Waals surface area (Å²) < 4.78 is 4.39. The predicted molar refractivity (Wildman–Crippen MR) is 25.7 cm³/mol. The van der Waals surface area contributed by atoms with Crippen LogP contribution in [-0.2, 0) is 14.3 Å². The van der Waals surface area contributed by atoms with Gasteiger partial charge in [-0.2, -0.15) is 0 Å². The highest BCUT2D eigenvalue weighted by Gasteiger charge is 1.86. The van der Waals surface area contributed by atoms with Crippen molar-refractivity contribution >= 4 is 15.4 Å². The molecule has 0 bridgehead atoms. The maximum absolute atomic E-state index is 7.89. The van der Waals surface area contributed by atoms with Crippen molar-refractivity contribution in [3.8, 4) is 0 Å². The van der Waals surface area contributed by atoms with Gasteiger partial charge in [0.25, 0.3) is 0 Å². The van der Waals surface area contributed by atoms with Crippen molar-refractivity contribution in [1.29, 1.82) is 0 Å². The molecule has 0 heterocycles. The summed E-state index contributed by atoms with van der Waals surface area (Å²) in [5.41, 5.74) is 0. The SMILES string of the molecule is COBOOBO. The summed E-state index contributed by atoms with van der Waals surface area (Å²) in [5.74, 6) is 0. The highest BCUT2D eigenvalue weighted by Crippen LogP contribution is 1.67. The van der Waals surface area contributed by atoms with Crippen LogP contribution in [0.25, 0.3) is 0 Å². The maximum Gasteiger partial charge on any atom is 0.471 e. The summed E-state index contributed by atoms with van der Waals surface area (Å²) in [6.07, 6.45) is 0. The van der Waals surface area contributed by atoms with E-state index in [4.69, 9.17) is 5.02 Å². The summed E-state index contributed by atoms with van der Waals surface area (Å²) in [7, 11) is 1.06. The van der Waals surface area contributed by atoms with Crippen molar-refractivity contribution in [3.63, 3.8) is 0 Å². The second-order valence-corrected chi connectivity index (χ2v) is 0.771. The van der Waals surface area contributed by atoms with Gasteiger partial charge in [0.2, 0.25) is 0 Å². The van der Waals surface area contributed by atoms with E-state index in [2.05, 4.69) is 14.3 Å². The van der Waals surface area contributed by atoms with Crippen LogP contribution in [0.5, 0.6) is 0 Å². The lowest BCUT2D eigenvalue weighted by Crippen LogP contribution is -2.04. The Balaban J connectivity index is 2.45. The Morgan fingerprint density at radius 2 is 2.14 bits per heavy atom. The van der Waals surface area contributed by atoms with E-state index in [1.807, 2.05) is 0 Å². The molecule has 0 aromatic rings. The Labute approximate surface area is 42.9 Å². The first-order valence-electron chi connectivity index (χ1n) is 1.76. The number of hydrogen-bond donors (Lipinski definition) is 1. The van der Waals surface area contributed by atoms with E-state index >= 15 is 0 Å². The molecule has 4 nitrogen and oxygen atoms in total. The van der Waals surface area contributed by atoms with Crippen molar-refractivity contribution in [2.45, 2.75) is 0 Å². The minimum absolute atomic E-state index is 0.0422. The van der Waals surface area contributed by atoms with Gasteiger partial charge < -0.3 is 9.68 Å². The molecule has 0 spiro atoms. The van der Waals surface area contributed by atoms with E-state index in [-0.39, 0.29) is 7.69 Å². The predicted octanol–water partition coefficient (Wildman–Crippen LogP) is -1.89. The zero-order valence-corrected chi connectivity index (χ0v) is 4.09. The van der Waals surface area contributed by atoms with E-state index in [1.54, 1.807) is 0 Å². The van der Waals surface area contributed by atoms with Gasteiger partial charge in [0.05, 0.1) is 0 Å². The topological polar surface area (TPSA) is 47.9 Å². The third-order valence-corrected chi connectivity index (χ3v) is 0.302. The fourth-order valence-corrected chi connectivity index (χ4v) is 0.119. The van der Waals surface area contributed by atoms with Gasteiger partial charge in [0.1, 0.15) is 0 Å². The van der Waals surface area contributed by atoms with E-state index < -0.39 is 7.69 Å². The molecule has 0 amide bonds. The van der Waals surface area contributed by atoms with Crippen LogP contribution in [0.2, 0.25) is 0 Å². The van der Waals surface area contributed by atoms with E-state index in [0.717, 1.165) is 0 Å². The first-order chi connectivity index (χ1) is 3.41. The zero-order valence-electron chi connectivity index (χ0n) is 4.09. The van der Waals surface area contributed by atoms with E-state index in [9.17, 15) is 0 Å². The van der Waals surface area contributed by atoms with Crippen molar-refractivity contribution in [1.82, 2.24) is 0 Å². The molecular formula is CH6B2O4. The average molecular weight is 104 g/mol. The normalized spacial score (nSPS) is 8.29. The molecule has 0 aromatic heterocycles. The summed E-state index contributed by atoms with van der Waals surface area (Å²) in [6.45, 7) is 0. The molecule has 0 radical (unpaired) electrons. The molecule has 0 aliphatic rings. The largest absolute Gasteiger partial charge is 0.471 e. The lowest BCUT2D eigenvalue weighted by molar-refractivity contribution is -0.124. The number of rotatable bonds is 4. The smallest absolute Gasteiger partial charge is 0.428 e. The lowest BCUT2D eigenvalue weighted by atomic mass is 10.4. The molecule has 0 unspecified atom stereocenters. The molecule has 7 heavy (non-hydrogen) atoms. The molecule has 0 atom stereocenters. The molecule has 1 N–H and O–H groups in total. The van der Waals surface area contributed by atoms with Crippen LogP contribution in [0.15, 0.2) is 0 Å².